The molecule has 0 saturated carbocycles. The van der Waals surface area contributed by atoms with Crippen LogP contribution < -0.4 is 9.47 Å². The van der Waals surface area contributed by atoms with E-state index in [0.29, 0.717) is 5.56 Å². The number of fused-ring (bicyclic) bond motifs is 3. The number of likely N-dealkylation sites (tertiary alicyclic amines) is 1. The summed E-state index contributed by atoms with van der Waals surface area (Å²) >= 11 is 0. The third-order valence-electron chi connectivity index (χ3n) is 7.16. The van der Waals surface area contributed by atoms with Crippen molar-refractivity contribution in [1.82, 2.24) is 9.88 Å². The summed E-state index contributed by atoms with van der Waals surface area (Å²) in [7, 11) is 0. The maximum Gasteiger partial charge on any atom is 0.339 e. The van der Waals surface area contributed by atoms with E-state index in [1.807, 2.05) is 42.5 Å². The van der Waals surface area contributed by atoms with E-state index in [0.717, 1.165) is 90.0 Å². The summed E-state index contributed by atoms with van der Waals surface area (Å²) < 4.78 is 16.8. The largest absolute Gasteiger partial charge is 0.454 e. The summed E-state index contributed by atoms with van der Waals surface area (Å²) in [6.07, 6.45) is 5.74. The van der Waals surface area contributed by atoms with Gasteiger partial charge in [-0.25, -0.2) is 9.78 Å². The first kappa shape index (κ1) is 22.6. The summed E-state index contributed by atoms with van der Waals surface area (Å²) in [6, 6.07) is 13.5. The number of carbonyl (C=O) groups is 2. The number of allylic oxidation sites excluding steroid dienone is 1. The Morgan fingerprint density at radius 1 is 1.03 bits per heavy atom. The standard InChI is InChI=1S/C29H28N2O5/c1-18(28(32)31-13-4-5-14-31)36-29(33)26-21-8-2-3-10-23(21)30-27-20(7-6-9-22(26)27)15-19-11-12-24-25(16-19)35-17-34-24/h2-3,8,10-12,15-16,18H,4-7,9,13-14,17H2,1H3/b20-15+/t18-/m0/s1. The van der Waals surface area contributed by atoms with Crippen LogP contribution in [0.4, 0.5) is 0 Å². The molecule has 6 rings (SSSR count). The van der Waals surface area contributed by atoms with Crippen LogP contribution in [0, 0.1) is 0 Å². The highest BCUT2D eigenvalue weighted by Crippen LogP contribution is 2.38. The minimum absolute atomic E-state index is 0.128. The van der Waals surface area contributed by atoms with Crippen molar-refractivity contribution in [3.63, 3.8) is 0 Å². The highest BCUT2D eigenvalue weighted by molar-refractivity contribution is 6.07. The molecule has 1 fully saturated rings. The van der Waals surface area contributed by atoms with Gasteiger partial charge in [0.15, 0.2) is 17.6 Å². The number of amides is 1. The van der Waals surface area contributed by atoms with Gasteiger partial charge in [-0.15, -0.1) is 0 Å². The molecule has 1 atom stereocenters. The average molecular weight is 485 g/mol. The molecule has 0 radical (unpaired) electrons. The number of rotatable bonds is 4. The molecule has 2 aliphatic heterocycles. The van der Waals surface area contributed by atoms with E-state index >= 15 is 0 Å². The van der Waals surface area contributed by atoms with Crippen LogP contribution in [0.25, 0.3) is 22.6 Å². The molecular weight excluding hydrogens is 456 g/mol. The number of hydrogen-bond acceptors (Lipinski definition) is 6. The summed E-state index contributed by atoms with van der Waals surface area (Å²) in [5.41, 5.74) is 5.02. The van der Waals surface area contributed by atoms with Gasteiger partial charge in [-0.05, 0) is 80.0 Å². The zero-order valence-electron chi connectivity index (χ0n) is 20.3. The fourth-order valence-electron chi connectivity index (χ4n) is 5.38. The molecule has 2 aromatic carbocycles. The second-order valence-corrected chi connectivity index (χ2v) is 9.55. The van der Waals surface area contributed by atoms with Gasteiger partial charge in [0, 0.05) is 18.5 Å². The van der Waals surface area contributed by atoms with E-state index in [9.17, 15) is 9.59 Å². The molecule has 0 bridgehead atoms. The number of hydrogen-bond donors (Lipinski definition) is 0. The van der Waals surface area contributed by atoms with E-state index in [-0.39, 0.29) is 12.7 Å². The van der Waals surface area contributed by atoms with Gasteiger partial charge in [0.05, 0.1) is 16.8 Å². The summed E-state index contributed by atoms with van der Waals surface area (Å²) in [6.45, 7) is 3.35. The molecule has 1 aromatic heterocycles. The molecule has 1 saturated heterocycles. The van der Waals surface area contributed by atoms with E-state index < -0.39 is 12.1 Å². The first-order valence-electron chi connectivity index (χ1n) is 12.6. The number of ether oxygens (including phenoxy) is 3. The number of pyridine rings is 1. The van der Waals surface area contributed by atoms with Crippen molar-refractivity contribution in [3.05, 3.63) is 64.8 Å². The maximum atomic E-state index is 13.6. The molecular formula is C29H28N2O5. The van der Waals surface area contributed by atoms with Crippen molar-refractivity contribution in [3.8, 4) is 11.5 Å². The Hall–Kier alpha value is -3.87. The van der Waals surface area contributed by atoms with E-state index in [2.05, 4.69) is 6.08 Å². The zero-order valence-corrected chi connectivity index (χ0v) is 20.3. The molecule has 184 valence electrons. The summed E-state index contributed by atoms with van der Waals surface area (Å²) in [4.78, 5) is 33.2. The Morgan fingerprint density at radius 2 is 1.83 bits per heavy atom. The molecule has 36 heavy (non-hydrogen) atoms. The third-order valence-corrected chi connectivity index (χ3v) is 7.16. The lowest BCUT2D eigenvalue weighted by Crippen LogP contribution is -2.38. The van der Waals surface area contributed by atoms with Gasteiger partial charge in [0.25, 0.3) is 5.91 Å². The second kappa shape index (κ2) is 9.30. The molecule has 7 nitrogen and oxygen atoms in total. The highest BCUT2D eigenvalue weighted by Gasteiger charge is 2.30. The van der Waals surface area contributed by atoms with Gasteiger partial charge >= 0.3 is 5.97 Å². The quantitative estimate of drug-likeness (QED) is 0.485. The van der Waals surface area contributed by atoms with Crippen molar-refractivity contribution in [2.45, 2.75) is 45.1 Å². The number of nitrogens with zero attached hydrogens (tertiary/aromatic N) is 2. The fourth-order valence-corrected chi connectivity index (χ4v) is 5.38. The number of esters is 1. The summed E-state index contributed by atoms with van der Waals surface area (Å²) in [5.74, 6) is 0.881. The zero-order chi connectivity index (χ0) is 24.6. The molecule has 7 heteroatoms. The monoisotopic (exact) mass is 484 g/mol. The fraction of sp³-hybridized carbons (Fsp3) is 0.345. The second-order valence-electron chi connectivity index (χ2n) is 9.55. The first-order chi connectivity index (χ1) is 17.6. The van der Waals surface area contributed by atoms with Crippen molar-refractivity contribution >= 4 is 34.4 Å². The van der Waals surface area contributed by atoms with E-state index in [1.165, 1.54) is 0 Å². The van der Waals surface area contributed by atoms with E-state index in [4.69, 9.17) is 19.2 Å². The van der Waals surface area contributed by atoms with Crippen molar-refractivity contribution < 1.29 is 23.8 Å². The molecule has 0 N–H and O–H groups in total. The molecule has 1 aliphatic carbocycles. The third kappa shape index (κ3) is 4.08. The minimum atomic E-state index is -0.828. The van der Waals surface area contributed by atoms with Gasteiger partial charge < -0.3 is 19.1 Å². The van der Waals surface area contributed by atoms with Gasteiger partial charge in [-0.1, -0.05) is 24.3 Å². The normalized spacial score (nSPS) is 18.4. The molecule has 0 spiro atoms. The van der Waals surface area contributed by atoms with E-state index in [1.54, 1.807) is 11.8 Å². The lowest BCUT2D eigenvalue weighted by molar-refractivity contribution is -0.138. The predicted octanol–water partition coefficient (Wildman–Crippen LogP) is 5.01. The first-order valence-corrected chi connectivity index (χ1v) is 12.6. The Bertz CT molecular complexity index is 1390. The van der Waals surface area contributed by atoms with Crippen molar-refractivity contribution in [1.29, 1.82) is 0 Å². The predicted molar refractivity (Wildman–Crippen MR) is 136 cm³/mol. The smallest absolute Gasteiger partial charge is 0.339 e. The van der Waals surface area contributed by atoms with Crippen LogP contribution in [0.5, 0.6) is 11.5 Å². The van der Waals surface area contributed by atoms with Crippen LogP contribution >= 0.6 is 0 Å². The van der Waals surface area contributed by atoms with Crippen molar-refractivity contribution in [2.75, 3.05) is 19.9 Å². The molecule has 3 heterocycles. The minimum Gasteiger partial charge on any atom is -0.454 e. The Labute approximate surface area is 209 Å². The number of aromatic nitrogens is 1. The van der Waals surface area contributed by atoms with Crippen LogP contribution in [0.3, 0.4) is 0 Å². The lowest BCUT2D eigenvalue weighted by Gasteiger charge is -2.24. The summed E-state index contributed by atoms with van der Waals surface area (Å²) in [5, 5.41) is 0.756. The Balaban J connectivity index is 1.39. The number of benzene rings is 2. The topological polar surface area (TPSA) is 78.0 Å². The van der Waals surface area contributed by atoms with Crippen LogP contribution in [-0.2, 0) is 16.0 Å². The lowest BCUT2D eigenvalue weighted by atomic mass is 9.86. The molecule has 3 aliphatic rings. The average Bonchev–Trinajstić information content (AvgIpc) is 3.59. The van der Waals surface area contributed by atoms with Crippen molar-refractivity contribution in [2.24, 2.45) is 0 Å². The van der Waals surface area contributed by atoms with Gasteiger partial charge in [0.2, 0.25) is 6.79 Å². The number of para-hydroxylation sites is 1. The molecule has 0 unspecified atom stereocenters. The highest BCUT2D eigenvalue weighted by atomic mass is 16.7. The van der Waals surface area contributed by atoms with Gasteiger partial charge in [-0.3, -0.25) is 4.79 Å². The Kier molecular flexibility index (Phi) is 5.83. The van der Waals surface area contributed by atoms with Crippen LogP contribution in [0.1, 0.15) is 59.8 Å². The SMILES string of the molecule is C[C@H](OC(=O)c1c2c(nc3ccccc13)/C(=C/c1ccc3c(c1)OCO3)CCC2)C(=O)N1CCCC1. The van der Waals surface area contributed by atoms with Gasteiger partial charge in [-0.2, -0.15) is 0 Å². The number of carbonyl (C=O) groups excluding carboxylic acids is 2. The maximum absolute atomic E-state index is 13.6. The molecule has 3 aromatic rings. The van der Waals surface area contributed by atoms with Gasteiger partial charge in [0.1, 0.15) is 0 Å². The molecule has 1 amide bonds. The van der Waals surface area contributed by atoms with Crippen LogP contribution in [0.15, 0.2) is 42.5 Å². The Morgan fingerprint density at radius 3 is 2.69 bits per heavy atom. The van der Waals surface area contributed by atoms with Crippen LogP contribution in [-0.4, -0.2) is 47.7 Å². The van der Waals surface area contributed by atoms with Crippen LogP contribution in [0.2, 0.25) is 0 Å².